The minimum atomic E-state index is -0.795. The van der Waals surface area contributed by atoms with E-state index in [1.165, 1.54) is 0 Å². The van der Waals surface area contributed by atoms with Gasteiger partial charge in [0.05, 0.1) is 36.4 Å². The van der Waals surface area contributed by atoms with Crippen LogP contribution < -0.4 is 0 Å². The van der Waals surface area contributed by atoms with E-state index in [0.717, 1.165) is 0 Å². The quantitative estimate of drug-likeness (QED) is 0.539. The molecule has 6 heteroatoms. The van der Waals surface area contributed by atoms with Crippen molar-refractivity contribution in [1.82, 2.24) is 14.7 Å². The molecule has 0 atom stereocenters. The van der Waals surface area contributed by atoms with Crippen molar-refractivity contribution in [2.24, 2.45) is 0 Å². The zero-order valence-corrected chi connectivity index (χ0v) is 12.1. The maximum Gasteiger partial charge on any atom is 0.0901 e. The molecule has 1 saturated carbocycles. The Bertz CT molecular complexity index is 218. The normalized spacial score (nSPS) is 42.0. The first-order valence-electron chi connectivity index (χ1n) is 6.23. The fourth-order valence-electron chi connectivity index (χ4n) is 3.04. The highest BCUT2D eigenvalue weighted by Crippen LogP contribution is 2.28. The van der Waals surface area contributed by atoms with Crippen molar-refractivity contribution in [2.45, 2.75) is 36.4 Å². The van der Waals surface area contributed by atoms with Crippen molar-refractivity contribution in [2.75, 3.05) is 42.3 Å². The second-order valence-corrected chi connectivity index (χ2v) is 5.83. The molecule has 0 aliphatic heterocycles. The minimum absolute atomic E-state index is 0.395. The first-order chi connectivity index (χ1) is 8.20. The van der Waals surface area contributed by atoms with E-state index in [9.17, 15) is 15.3 Å². The Morgan fingerprint density at radius 2 is 0.667 bits per heavy atom. The van der Waals surface area contributed by atoms with Crippen molar-refractivity contribution in [3.63, 3.8) is 0 Å². The van der Waals surface area contributed by atoms with E-state index >= 15 is 0 Å². The van der Waals surface area contributed by atoms with Gasteiger partial charge in [0, 0.05) is 0 Å². The molecule has 0 saturated heterocycles. The van der Waals surface area contributed by atoms with Gasteiger partial charge >= 0.3 is 0 Å². The van der Waals surface area contributed by atoms with Crippen molar-refractivity contribution in [3.8, 4) is 0 Å². The topological polar surface area (TPSA) is 70.4 Å². The van der Waals surface area contributed by atoms with Crippen LogP contribution >= 0.6 is 0 Å². The average molecular weight is 261 g/mol. The summed E-state index contributed by atoms with van der Waals surface area (Å²) in [5.41, 5.74) is 0. The molecule has 6 nitrogen and oxygen atoms in total. The predicted octanol–water partition coefficient (Wildman–Crippen LogP) is -2.13. The molecule has 18 heavy (non-hydrogen) atoms. The molecule has 1 aliphatic carbocycles. The van der Waals surface area contributed by atoms with Gasteiger partial charge in [-0.1, -0.05) is 0 Å². The Labute approximate surface area is 109 Å². The van der Waals surface area contributed by atoms with Crippen LogP contribution in [0.25, 0.3) is 0 Å². The second kappa shape index (κ2) is 5.81. The SMILES string of the molecule is CN(C)C1C(O)C(N(C)C)C(O)C(N(C)C)C1O. The lowest BCUT2D eigenvalue weighted by Crippen LogP contribution is -2.72. The van der Waals surface area contributed by atoms with Gasteiger partial charge in [0.1, 0.15) is 0 Å². The summed E-state index contributed by atoms with van der Waals surface area (Å²) in [6.07, 6.45) is -2.39. The summed E-state index contributed by atoms with van der Waals surface area (Å²) in [5.74, 6) is 0. The lowest BCUT2D eigenvalue weighted by molar-refractivity contribution is -0.160. The molecule has 3 N–H and O–H groups in total. The summed E-state index contributed by atoms with van der Waals surface area (Å²) in [6, 6.07) is -1.19. The van der Waals surface area contributed by atoms with E-state index < -0.39 is 36.4 Å². The zero-order valence-electron chi connectivity index (χ0n) is 12.1. The first kappa shape index (κ1) is 15.8. The highest BCUT2D eigenvalue weighted by atomic mass is 16.3. The highest BCUT2D eigenvalue weighted by molar-refractivity contribution is 5.07. The molecule has 0 amide bonds. The van der Waals surface area contributed by atoms with Gasteiger partial charge in [0.2, 0.25) is 0 Å². The monoisotopic (exact) mass is 261 g/mol. The van der Waals surface area contributed by atoms with Crippen LogP contribution in [0.4, 0.5) is 0 Å². The number of hydrogen-bond donors (Lipinski definition) is 3. The molecule has 0 bridgehead atoms. The van der Waals surface area contributed by atoms with Gasteiger partial charge in [-0.2, -0.15) is 0 Å². The zero-order chi connectivity index (χ0) is 14.2. The van der Waals surface area contributed by atoms with E-state index in [1.807, 2.05) is 57.0 Å². The largest absolute Gasteiger partial charge is 0.390 e. The molecule has 1 fully saturated rings. The maximum atomic E-state index is 10.4. The molecule has 0 heterocycles. The van der Waals surface area contributed by atoms with Crippen LogP contribution in [-0.4, -0.2) is 109 Å². The number of aliphatic hydroxyl groups excluding tert-OH is 3. The van der Waals surface area contributed by atoms with Gasteiger partial charge in [-0.05, 0) is 42.3 Å². The first-order valence-corrected chi connectivity index (χ1v) is 6.23. The molecule has 0 spiro atoms. The fraction of sp³-hybridized carbons (Fsp3) is 1.00. The smallest absolute Gasteiger partial charge is 0.0901 e. The van der Waals surface area contributed by atoms with Crippen molar-refractivity contribution >= 4 is 0 Å². The number of likely N-dealkylation sites (N-methyl/N-ethyl adjacent to an activating group) is 3. The summed E-state index contributed by atoms with van der Waals surface area (Å²) >= 11 is 0. The Morgan fingerprint density at radius 1 is 0.500 bits per heavy atom. The molecule has 0 aromatic heterocycles. The van der Waals surface area contributed by atoms with Gasteiger partial charge in [-0.15, -0.1) is 0 Å². The van der Waals surface area contributed by atoms with Crippen LogP contribution in [0.15, 0.2) is 0 Å². The molecule has 0 aromatic carbocycles. The lowest BCUT2D eigenvalue weighted by atomic mass is 9.78. The van der Waals surface area contributed by atoms with Crippen LogP contribution in [0.1, 0.15) is 0 Å². The predicted molar refractivity (Wildman–Crippen MR) is 70.4 cm³/mol. The highest BCUT2D eigenvalue weighted by Gasteiger charge is 2.51. The summed E-state index contributed by atoms with van der Waals surface area (Å²) in [6.45, 7) is 0. The molecule has 1 rings (SSSR count). The maximum absolute atomic E-state index is 10.4. The van der Waals surface area contributed by atoms with Crippen LogP contribution in [0.5, 0.6) is 0 Å². The van der Waals surface area contributed by atoms with Gasteiger partial charge in [-0.3, -0.25) is 0 Å². The fourth-order valence-corrected chi connectivity index (χ4v) is 3.04. The number of rotatable bonds is 3. The second-order valence-electron chi connectivity index (χ2n) is 5.83. The summed E-state index contributed by atoms with van der Waals surface area (Å²) in [7, 11) is 11.0. The summed E-state index contributed by atoms with van der Waals surface area (Å²) < 4.78 is 0. The third kappa shape index (κ3) is 2.68. The van der Waals surface area contributed by atoms with Crippen molar-refractivity contribution < 1.29 is 15.3 Å². The summed E-state index contributed by atoms with van der Waals surface area (Å²) in [4.78, 5) is 5.44. The molecule has 0 aromatic rings. The molecular weight excluding hydrogens is 234 g/mol. The van der Waals surface area contributed by atoms with E-state index in [-0.39, 0.29) is 0 Å². The van der Waals surface area contributed by atoms with Crippen LogP contribution in [0.3, 0.4) is 0 Å². The molecular formula is C12H27N3O3. The third-order valence-corrected chi connectivity index (χ3v) is 3.89. The van der Waals surface area contributed by atoms with E-state index in [2.05, 4.69) is 0 Å². The standard InChI is InChI=1S/C12H27N3O3/c1-13(2)7-10(16)8(14(3)4)12(18)9(11(7)17)15(5)6/h7-12,16-18H,1-6H3. The number of hydrogen-bond acceptors (Lipinski definition) is 6. The van der Waals surface area contributed by atoms with Gasteiger partial charge in [0.25, 0.3) is 0 Å². The van der Waals surface area contributed by atoms with Crippen molar-refractivity contribution in [3.05, 3.63) is 0 Å². The van der Waals surface area contributed by atoms with E-state index in [0.29, 0.717) is 0 Å². The van der Waals surface area contributed by atoms with Crippen molar-refractivity contribution in [1.29, 1.82) is 0 Å². The lowest BCUT2D eigenvalue weighted by Gasteiger charge is -2.51. The average Bonchev–Trinajstić information content (AvgIpc) is 2.14. The Morgan fingerprint density at radius 3 is 0.778 bits per heavy atom. The van der Waals surface area contributed by atoms with Crippen LogP contribution in [0.2, 0.25) is 0 Å². The van der Waals surface area contributed by atoms with E-state index in [1.54, 1.807) is 0 Å². The molecule has 108 valence electrons. The van der Waals surface area contributed by atoms with Crippen LogP contribution in [0, 0.1) is 0 Å². The van der Waals surface area contributed by atoms with Gasteiger partial charge in [-0.25, -0.2) is 0 Å². The number of aliphatic hydroxyl groups is 3. The van der Waals surface area contributed by atoms with E-state index in [4.69, 9.17) is 0 Å². The number of nitrogens with zero attached hydrogens (tertiary/aromatic N) is 3. The molecule has 1 aliphatic rings. The Hall–Kier alpha value is -0.240. The Balaban J connectivity index is 3.10. The third-order valence-electron chi connectivity index (χ3n) is 3.89. The van der Waals surface area contributed by atoms with Gasteiger partial charge < -0.3 is 30.0 Å². The van der Waals surface area contributed by atoms with Gasteiger partial charge in [0.15, 0.2) is 0 Å². The summed E-state index contributed by atoms with van der Waals surface area (Å²) in [5, 5.41) is 31.2. The molecule has 0 unspecified atom stereocenters. The minimum Gasteiger partial charge on any atom is -0.390 e. The van der Waals surface area contributed by atoms with Crippen LogP contribution in [-0.2, 0) is 0 Å². The Kier molecular flexibility index (Phi) is 5.11. The molecule has 0 radical (unpaired) electrons.